The van der Waals surface area contributed by atoms with Gasteiger partial charge in [0.05, 0.1) is 28.1 Å². The number of nitrogens with one attached hydrogen (secondary N) is 1. The molecule has 2 aliphatic rings. The van der Waals surface area contributed by atoms with Crippen LogP contribution < -0.4 is 5.32 Å². The number of carbonyl (C=O) groups excluding carboxylic acids is 2. The van der Waals surface area contributed by atoms with Crippen LogP contribution in [0.3, 0.4) is 0 Å². The van der Waals surface area contributed by atoms with Crippen LogP contribution in [0.4, 0.5) is 10.5 Å². The lowest BCUT2D eigenvalue weighted by Gasteiger charge is -2.34. The summed E-state index contributed by atoms with van der Waals surface area (Å²) in [5.41, 5.74) is 1.38. The second-order valence-electron chi connectivity index (χ2n) is 10.3. The van der Waals surface area contributed by atoms with Crippen LogP contribution in [0.2, 0.25) is 0 Å². The monoisotopic (exact) mass is 483 g/mol. The Hall–Kier alpha value is -3.43. The van der Waals surface area contributed by atoms with Gasteiger partial charge >= 0.3 is 6.09 Å². The van der Waals surface area contributed by atoms with E-state index in [0.717, 1.165) is 31.4 Å². The Morgan fingerprint density at radius 3 is 2.29 bits per heavy atom. The third-order valence-electron chi connectivity index (χ3n) is 6.58. The number of aromatic nitrogens is 2. The highest BCUT2D eigenvalue weighted by atomic mass is 16.6. The summed E-state index contributed by atoms with van der Waals surface area (Å²) in [5, 5.41) is 18.7. The summed E-state index contributed by atoms with van der Waals surface area (Å²) in [5.74, 6) is -0.148. The van der Waals surface area contributed by atoms with Crippen LogP contribution >= 0.6 is 0 Å². The van der Waals surface area contributed by atoms with Crippen LogP contribution in [0.5, 0.6) is 0 Å². The number of nitro benzene ring substituents is 1. The number of ether oxygens (including phenoxy) is 1. The molecule has 1 aliphatic heterocycles. The molecule has 2 aromatic rings. The Morgan fingerprint density at radius 2 is 1.71 bits per heavy atom. The van der Waals surface area contributed by atoms with Crippen molar-refractivity contribution in [1.82, 2.24) is 20.0 Å². The molecular weight excluding hydrogens is 450 g/mol. The molecule has 1 saturated heterocycles. The molecule has 2 amide bonds. The molecule has 0 bridgehead atoms. The van der Waals surface area contributed by atoms with Crippen molar-refractivity contribution in [2.24, 2.45) is 0 Å². The number of hydrogen-bond donors (Lipinski definition) is 1. The van der Waals surface area contributed by atoms with E-state index in [1.165, 1.54) is 12.1 Å². The van der Waals surface area contributed by atoms with E-state index in [-0.39, 0.29) is 29.6 Å². The predicted octanol–water partition coefficient (Wildman–Crippen LogP) is 4.57. The Morgan fingerprint density at radius 1 is 1.09 bits per heavy atom. The van der Waals surface area contributed by atoms with Crippen molar-refractivity contribution in [3.05, 3.63) is 51.8 Å². The smallest absolute Gasteiger partial charge is 0.410 e. The van der Waals surface area contributed by atoms with E-state index in [0.29, 0.717) is 37.2 Å². The summed E-state index contributed by atoms with van der Waals surface area (Å²) in [6, 6.07) is 6.33. The normalized spacial score (nSPS) is 17.4. The fourth-order valence-electron chi connectivity index (χ4n) is 4.84. The second kappa shape index (κ2) is 10.1. The number of likely N-dealkylation sites (tertiary alicyclic amines) is 1. The fourth-order valence-corrected chi connectivity index (χ4v) is 4.84. The molecule has 1 aromatic heterocycles. The highest BCUT2D eigenvalue weighted by molar-refractivity contribution is 5.95. The van der Waals surface area contributed by atoms with Gasteiger partial charge in [-0.2, -0.15) is 5.10 Å². The lowest BCUT2D eigenvalue weighted by Crippen LogP contribution is -2.42. The molecule has 2 fully saturated rings. The summed E-state index contributed by atoms with van der Waals surface area (Å²) < 4.78 is 7.22. The molecule has 0 atom stereocenters. The van der Waals surface area contributed by atoms with Crippen molar-refractivity contribution in [2.45, 2.75) is 76.9 Å². The van der Waals surface area contributed by atoms with Crippen molar-refractivity contribution in [3.63, 3.8) is 0 Å². The average Bonchev–Trinajstić information content (AvgIpc) is 3.48. The highest BCUT2D eigenvalue weighted by Crippen LogP contribution is 2.33. The molecule has 188 valence electrons. The maximum Gasteiger partial charge on any atom is 0.410 e. The first kappa shape index (κ1) is 24.7. The Kier molecular flexibility index (Phi) is 7.09. The van der Waals surface area contributed by atoms with E-state index in [2.05, 4.69) is 10.4 Å². The summed E-state index contributed by atoms with van der Waals surface area (Å²) in [4.78, 5) is 38.1. The minimum atomic E-state index is -0.562. The number of amides is 2. The molecule has 35 heavy (non-hydrogen) atoms. The van der Waals surface area contributed by atoms with Gasteiger partial charge < -0.3 is 15.0 Å². The van der Waals surface area contributed by atoms with Crippen LogP contribution in [0.15, 0.2) is 30.5 Å². The molecule has 4 rings (SSSR count). The van der Waals surface area contributed by atoms with E-state index >= 15 is 0 Å². The zero-order valence-corrected chi connectivity index (χ0v) is 20.5. The first-order chi connectivity index (χ1) is 16.6. The van der Waals surface area contributed by atoms with Crippen molar-refractivity contribution in [2.75, 3.05) is 13.1 Å². The van der Waals surface area contributed by atoms with Gasteiger partial charge in [0.15, 0.2) is 0 Å². The van der Waals surface area contributed by atoms with E-state index in [4.69, 9.17) is 4.74 Å². The maximum absolute atomic E-state index is 13.2. The maximum atomic E-state index is 13.2. The van der Waals surface area contributed by atoms with Crippen molar-refractivity contribution >= 4 is 17.7 Å². The molecule has 1 aliphatic carbocycles. The van der Waals surface area contributed by atoms with Gasteiger partial charge in [0.2, 0.25) is 0 Å². The largest absolute Gasteiger partial charge is 0.444 e. The van der Waals surface area contributed by atoms with Crippen molar-refractivity contribution in [3.8, 4) is 5.69 Å². The molecular formula is C25H33N5O5. The zero-order chi connectivity index (χ0) is 25.2. The summed E-state index contributed by atoms with van der Waals surface area (Å²) in [6.07, 6.45) is 6.74. The SMILES string of the molecule is CC(C)(C)OC(=O)N1CCC(c2c(C(=O)NC3CCCC3)cnn2-c2ccc([N+](=O)[O-])cc2)CC1. The Balaban J connectivity index is 1.59. The number of rotatable bonds is 5. The van der Waals surface area contributed by atoms with Gasteiger partial charge in [-0.05, 0) is 58.6 Å². The summed E-state index contributed by atoms with van der Waals surface area (Å²) >= 11 is 0. The number of non-ortho nitro benzene ring substituents is 1. The number of piperidine rings is 1. The standard InChI is InChI=1S/C25H33N5O5/c1-25(2,3)35-24(32)28-14-12-17(13-15-28)22-21(23(31)27-18-6-4-5-7-18)16-26-29(22)19-8-10-20(11-9-19)30(33)34/h8-11,16-18H,4-7,12-15H2,1-3H3,(H,27,31). The van der Waals surface area contributed by atoms with Gasteiger partial charge in [0.25, 0.3) is 11.6 Å². The van der Waals surface area contributed by atoms with Crippen LogP contribution in [0.1, 0.15) is 81.3 Å². The van der Waals surface area contributed by atoms with Gasteiger partial charge in [-0.25, -0.2) is 9.48 Å². The number of carbonyl (C=O) groups is 2. The molecule has 0 spiro atoms. The lowest BCUT2D eigenvalue weighted by molar-refractivity contribution is -0.384. The van der Waals surface area contributed by atoms with Gasteiger partial charge in [0.1, 0.15) is 5.60 Å². The summed E-state index contributed by atoms with van der Waals surface area (Å²) in [6.45, 7) is 6.55. The van der Waals surface area contributed by atoms with Crippen LogP contribution in [0, 0.1) is 10.1 Å². The first-order valence-electron chi connectivity index (χ1n) is 12.2. The minimum absolute atomic E-state index is 0.00398. The van der Waals surface area contributed by atoms with Gasteiger partial charge in [0, 0.05) is 37.2 Å². The third-order valence-corrected chi connectivity index (χ3v) is 6.58. The quantitative estimate of drug-likeness (QED) is 0.491. The molecule has 10 heteroatoms. The van der Waals surface area contributed by atoms with Crippen LogP contribution in [-0.4, -0.2) is 56.3 Å². The molecule has 1 aromatic carbocycles. The topological polar surface area (TPSA) is 120 Å². The Bertz CT molecular complexity index is 1070. The highest BCUT2D eigenvalue weighted by Gasteiger charge is 2.32. The lowest BCUT2D eigenvalue weighted by atomic mass is 9.90. The van der Waals surface area contributed by atoms with Crippen LogP contribution in [0.25, 0.3) is 5.69 Å². The first-order valence-corrected chi connectivity index (χ1v) is 12.2. The molecule has 2 heterocycles. The van der Waals surface area contributed by atoms with E-state index in [1.807, 2.05) is 20.8 Å². The third kappa shape index (κ3) is 5.80. The van der Waals surface area contributed by atoms with Crippen molar-refractivity contribution < 1.29 is 19.2 Å². The van der Waals surface area contributed by atoms with Gasteiger partial charge in [-0.15, -0.1) is 0 Å². The number of nitro groups is 1. The van der Waals surface area contributed by atoms with E-state index in [1.54, 1.807) is 27.9 Å². The molecule has 1 saturated carbocycles. The van der Waals surface area contributed by atoms with E-state index in [9.17, 15) is 19.7 Å². The second-order valence-corrected chi connectivity index (χ2v) is 10.3. The predicted molar refractivity (Wildman–Crippen MR) is 130 cm³/mol. The number of nitrogens with zero attached hydrogens (tertiary/aromatic N) is 4. The molecule has 0 unspecified atom stereocenters. The summed E-state index contributed by atoms with van der Waals surface area (Å²) in [7, 11) is 0. The Labute approximate surface area is 204 Å². The van der Waals surface area contributed by atoms with Gasteiger partial charge in [-0.1, -0.05) is 12.8 Å². The fraction of sp³-hybridized carbons (Fsp3) is 0.560. The molecule has 1 N–H and O–H groups in total. The van der Waals surface area contributed by atoms with Gasteiger partial charge in [-0.3, -0.25) is 14.9 Å². The number of benzene rings is 1. The average molecular weight is 484 g/mol. The van der Waals surface area contributed by atoms with E-state index < -0.39 is 10.5 Å². The van der Waals surface area contributed by atoms with Crippen molar-refractivity contribution in [1.29, 1.82) is 0 Å². The molecule has 0 radical (unpaired) electrons. The van der Waals surface area contributed by atoms with Crippen LogP contribution in [-0.2, 0) is 4.74 Å². The number of hydrogen-bond acceptors (Lipinski definition) is 6. The zero-order valence-electron chi connectivity index (χ0n) is 20.5. The molecule has 10 nitrogen and oxygen atoms in total. The minimum Gasteiger partial charge on any atom is -0.444 e.